The van der Waals surface area contributed by atoms with Gasteiger partial charge in [0.25, 0.3) is 0 Å². The Morgan fingerprint density at radius 1 is 0.541 bits per heavy atom. The summed E-state index contributed by atoms with van der Waals surface area (Å²) in [4.78, 5) is 46.7. The van der Waals surface area contributed by atoms with Crippen molar-refractivity contribution < 1.29 is 45.4 Å². The number of aromatic nitrogens is 11. The first kappa shape index (κ1) is 68.1. The topological polar surface area (TPSA) is 240 Å². The standard InChI is InChI=1S/C26H27F2N3O2S.C25H24ClFN4O2.C23H20ClFN4O2/c1-4-5-14-34(32,33)22-11-7-10-21(29-22)26-13-12-17(25(26,2)3)16-15-20(30-31-24(16)26)23-18(27)8-6-9-19(23)28;1-24(2)15-8-10-25(24,20-9-11-28-23(29-20)19(33)7-4-12-32)22-14(15)13-18(30-31-22)21-16(26)5-3-6-17(21)27;1-22(2)13-7-9-23(22,17-8-10-26-20(27-17)21(30)31-3)19-12(13)11-16(28-29-19)18-14(24)5-4-6-15(18)25/h6-11,15,17H,4-5,12-14H2,1-3H3;3,5-6,9,11,13,15,32H,4,7-8,10,12H2,1-2H3;4-6,8,10-11,13H,7,9H2,1-3H3/t17-,26-;15-,25-;13-,23-/m000/s1. The molecule has 0 aliphatic heterocycles. The van der Waals surface area contributed by atoms with E-state index in [4.69, 9.17) is 33.0 Å². The smallest absolute Gasteiger partial charge is 0.376 e. The van der Waals surface area contributed by atoms with Crippen molar-refractivity contribution in [2.75, 3.05) is 19.5 Å². The summed E-state index contributed by atoms with van der Waals surface area (Å²) < 4.78 is 88.5. The van der Waals surface area contributed by atoms with Gasteiger partial charge in [-0.25, -0.2) is 55.7 Å². The van der Waals surface area contributed by atoms with Crippen molar-refractivity contribution in [1.82, 2.24) is 55.5 Å². The average Bonchev–Trinajstić information content (AvgIpc) is 1.52. The van der Waals surface area contributed by atoms with Crippen molar-refractivity contribution in [1.29, 1.82) is 0 Å². The third-order valence-corrected chi connectivity index (χ3v) is 24.7. The van der Waals surface area contributed by atoms with E-state index in [9.17, 15) is 35.6 Å². The van der Waals surface area contributed by atoms with Crippen molar-refractivity contribution in [3.8, 4) is 33.8 Å². The molecule has 1 N–H and O–H groups in total. The van der Waals surface area contributed by atoms with Gasteiger partial charge in [-0.2, -0.15) is 25.5 Å². The van der Waals surface area contributed by atoms with Gasteiger partial charge in [0.15, 0.2) is 26.5 Å². The molecule has 6 aliphatic carbocycles. The highest BCUT2D eigenvalue weighted by Gasteiger charge is 2.68. The predicted octanol–water partition coefficient (Wildman–Crippen LogP) is 15.2. The molecule has 15 rings (SSSR count). The number of methoxy groups -OCH3 is 1. The van der Waals surface area contributed by atoms with Gasteiger partial charge < -0.3 is 9.84 Å². The number of hydrogen-bond donors (Lipinski definition) is 1. The Morgan fingerprint density at radius 2 is 0.939 bits per heavy atom. The van der Waals surface area contributed by atoms with E-state index < -0.39 is 55.3 Å². The maximum absolute atomic E-state index is 14.6. The molecule has 6 bridgehead atoms. The zero-order chi connectivity index (χ0) is 69.6. The van der Waals surface area contributed by atoms with Gasteiger partial charge in [0.05, 0.1) is 107 Å². The van der Waals surface area contributed by atoms with Gasteiger partial charge in [-0.3, -0.25) is 4.79 Å². The van der Waals surface area contributed by atoms with Gasteiger partial charge in [0.2, 0.25) is 5.82 Å². The number of hydrogen-bond acceptors (Lipinski definition) is 17. The summed E-state index contributed by atoms with van der Waals surface area (Å²) in [5.74, 6) is -2.29. The Labute approximate surface area is 575 Å². The molecule has 0 spiro atoms. The molecule has 0 radical (unpaired) electrons. The number of aliphatic hydroxyl groups excluding tert-OH is 1. The molecule has 3 saturated carbocycles. The highest BCUT2D eigenvalue weighted by Crippen LogP contribution is 2.72. The van der Waals surface area contributed by atoms with Crippen molar-refractivity contribution in [2.24, 2.45) is 16.2 Å². The van der Waals surface area contributed by atoms with Crippen LogP contribution < -0.4 is 0 Å². The second-order valence-corrected chi connectivity index (χ2v) is 30.7. The first-order valence-electron chi connectivity index (χ1n) is 32.8. The van der Waals surface area contributed by atoms with E-state index in [0.29, 0.717) is 40.0 Å². The number of esters is 1. The third kappa shape index (κ3) is 10.5. The number of nitrogens with zero attached hydrogens (tertiary/aromatic N) is 11. The summed E-state index contributed by atoms with van der Waals surface area (Å²) >= 11 is 12.5. The highest BCUT2D eigenvalue weighted by atomic mass is 35.5. The van der Waals surface area contributed by atoms with Gasteiger partial charge in [0, 0.05) is 25.4 Å². The van der Waals surface area contributed by atoms with E-state index >= 15 is 0 Å². The number of Topliss-reactive ketones (excluding diaryl/α,β-unsaturated/α-hetero) is 1. The Hall–Kier alpha value is -8.44. The number of aliphatic hydroxyl groups is 1. The van der Waals surface area contributed by atoms with Crippen LogP contribution in [0.1, 0.15) is 203 Å². The Bertz CT molecular complexity index is 4780. The molecule has 98 heavy (non-hydrogen) atoms. The molecule has 3 fully saturated rings. The number of carbonyl (C=O) groups excluding carboxylic acids is 2. The lowest BCUT2D eigenvalue weighted by Gasteiger charge is -2.37. The minimum Gasteiger partial charge on any atom is -0.463 e. The summed E-state index contributed by atoms with van der Waals surface area (Å²) in [6, 6.07) is 27.3. The summed E-state index contributed by atoms with van der Waals surface area (Å²) in [7, 11) is -2.19. The summed E-state index contributed by atoms with van der Waals surface area (Å²) in [6.45, 7) is 14.9. The van der Waals surface area contributed by atoms with Crippen molar-refractivity contribution in [3.63, 3.8) is 0 Å². The number of unbranched alkanes of at least 4 members (excludes halogenated alkanes) is 1. The molecule has 0 saturated heterocycles. The van der Waals surface area contributed by atoms with E-state index in [1.165, 1.54) is 37.4 Å². The molecule has 506 valence electrons. The fourth-order valence-electron chi connectivity index (χ4n) is 17.4. The molecule has 24 heteroatoms. The second kappa shape index (κ2) is 25.4. The molecule has 0 unspecified atom stereocenters. The van der Waals surface area contributed by atoms with Crippen LogP contribution in [0.5, 0.6) is 0 Å². The number of halogens is 6. The Kier molecular flexibility index (Phi) is 17.6. The molecule has 6 heterocycles. The van der Waals surface area contributed by atoms with E-state index in [1.807, 2.05) is 37.3 Å². The molecule has 0 amide bonds. The Morgan fingerprint density at radius 3 is 1.37 bits per heavy atom. The lowest BCUT2D eigenvalue weighted by molar-refractivity contribution is 0.0585. The minimum atomic E-state index is -3.49. The van der Waals surface area contributed by atoms with Crippen molar-refractivity contribution in [3.05, 3.63) is 211 Å². The summed E-state index contributed by atoms with van der Waals surface area (Å²) in [5, 5.41) is 36.4. The molecule has 3 aromatic carbocycles. The quantitative estimate of drug-likeness (QED) is 0.0570. The SMILES string of the molecule is CC1(C)[C@H]2CC[C@]1(c1ccnc(C(=O)CCCO)n1)c1nnc(-c3c(F)cccc3Cl)cc12.CCCCS(=O)(=O)c1cccc([C@@]23CC[C@@H](c4cc(-c5c(F)cccc5F)nnc42)C3(C)C)n1.COC(=O)c1nccc([C@@]23CC[C@@H](c4cc(-c5c(F)cccc5Cl)nnc42)C3(C)C)n1. The molecule has 9 aromatic rings. The Balaban J connectivity index is 0.000000132. The van der Waals surface area contributed by atoms with E-state index in [2.05, 4.69) is 97.1 Å². The largest absolute Gasteiger partial charge is 0.463 e. The van der Waals surface area contributed by atoms with Crippen LogP contribution >= 0.6 is 23.2 Å². The maximum atomic E-state index is 14.6. The number of carbonyl (C=O) groups is 2. The van der Waals surface area contributed by atoms with E-state index in [0.717, 1.165) is 90.1 Å². The number of rotatable bonds is 15. The van der Waals surface area contributed by atoms with Crippen LogP contribution in [0.2, 0.25) is 10.0 Å². The molecule has 6 aliphatic rings. The van der Waals surface area contributed by atoms with E-state index in [1.54, 1.807) is 54.9 Å². The van der Waals surface area contributed by atoms with Crippen LogP contribution in [-0.2, 0) is 30.8 Å². The van der Waals surface area contributed by atoms with Crippen molar-refractivity contribution >= 4 is 44.8 Å². The van der Waals surface area contributed by atoms with Crippen LogP contribution in [-0.4, -0.2) is 100 Å². The molecule has 17 nitrogen and oxygen atoms in total. The average molecular weight is 1390 g/mol. The number of fused-ring (bicyclic) bond motifs is 15. The lowest BCUT2D eigenvalue weighted by Crippen LogP contribution is -2.38. The fraction of sp³-hybridized carbons (Fsp3) is 0.392. The minimum absolute atomic E-state index is 0.0183. The lowest BCUT2D eigenvalue weighted by atomic mass is 9.66. The van der Waals surface area contributed by atoms with Gasteiger partial charge in [0.1, 0.15) is 23.3 Å². The number of ether oxygens (including phenoxy) is 1. The molecule has 6 atom stereocenters. The van der Waals surface area contributed by atoms with Crippen LogP contribution in [0.4, 0.5) is 17.6 Å². The van der Waals surface area contributed by atoms with Crippen LogP contribution in [0.3, 0.4) is 0 Å². The zero-order valence-corrected chi connectivity index (χ0v) is 57.6. The summed E-state index contributed by atoms with van der Waals surface area (Å²) in [5.41, 5.74) is 6.33. The van der Waals surface area contributed by atoms with Gasteiger partial charge in [-0.1, -0.05) is 102 Å². The van der Waals surface area contributed by atoms with Crippen LogP contribution in [0.25, 0.3) is 33.8 Å². The number of pyridine rings is 1. The number of ketones is 1. The maximum Gasteiger partial charge on any atom is 0.376 e. The molecule has 6 aromatic heterocycles. The number of sulfone groups is 1. The summed E-state index contributed by atoms with van der Waals surface area (Å²) in [6.07, 6.45) is 10.2. The molecular formula is C74H71Cl2F4N11O6S. The second-order valence-electron chi connectivity index (χ2n) is 27.9. The van der Waals surface area contributed by atoms with Gasteiger partial charge >= 0.3 is 5.97 Å². The normalized spacial score (nSPS) is 22.7. The first-order valence-corrected chi connectivity index (χ1v) is 35.2. The van der Waals surface area contributed by atoms with E-state index in [-0.39, 0.29) is 97.6 Å². The monoisotopic (exact) mass is 1390 g/mol. The number of benzene rings is 3. The van der Waals surface area contributed by atoms with Gasteiger partial charge in [-0.05, 0) is 181 Å². The zero-order valence-electron chi connectivity index (χ0n) is 55.3. The van der Waals surface area contributed by atoms with Crippen LogP contribution in [0, 0.1) is 39.5 Å². The highest BCUT2D eigenvalue weighted by molar-refractivity contribution is 7.91. The van der Waals surface area contributed by atoms with Crippen molar-refractivity contribution in [2.45, 2.75) is 152 Å². The first-order chi connectivity index (χ1) is 46.7. The fourth-order valence-corrected chi connectivity index (χ4v) is 19.3. The predicted molar refractivity (Wildman–Crippen MR) is 359 cm³/mol. The third-order valence-electron chi connectivity index (χ3n) is 22.4. The van der Waals surface area contributed by atoms with Gasteiger partial charge in [-0.15, -0.1) is 5.10 Å². The molecular weight excluding hydrogens is 1320 g/mol. The van der Waals surface area contributed by atoms with Crippen LogP contribution in [0.15, 0.2) is 121 Å².